The number of amides is 4. The van der Waals surface area contributed by atoms with E-state index in [1.807, 2.05) is 12.1 Å². The highest BCUT2D eigenvalue weighted by atomic mass is 16.2. The van der Waals surface area contributed by atoms with Crippen molar-refractivity contribution in [2.75, 3.05) is 10.0 Å². The van der Waals surface area contributed by atoms with Crippen LogP contribution in [0.2, 0.25) is 0 Å². The first-order chi connectivity index (χ1) is 12.0. The van der Waals surface area contributed by atoms with Gasteiger partial charge in [0.2, 0.25) is 0 Å². The molecular weight excluding hydrogens is 338 g/mol. The summed E-state index contributed by atoms with van der Waals surface area (Å²) in [5.74, 6) is 10.7. The molecule has 0 radical (unpaired) electrons. The minimum Gasteiger partial charge on any atom is -0.350 e. The van der Waals surface area contributed by atoms with Gasteiger partial charge < -0.3 is 11.5 Å². The molecule has 0 aliphatic carbocycles. The maximum Gasteiger partial charge on any atom is 0.336 e. The number of carbonyl (C=O) groups is 2. The van der Waals surface area contributed by atoms with Gasteiger partial charge in [-0.25, -0.2) is 26.3 Å². The van der Waals surface area contributed by atoms with Crippen molar-refractivity contribution in [2.24, 2.45) is 23.2 Å². The molecule has 0 aliphatic rings. The summed E-state index contributed by atoms with van der Waals surface area (Å²) in [6.07, 6.45) is 0. The second-order valence-electron chi connectivity index (χ2n) is 6.53. The standard InChI is InChI=1S/C15H21N9O2/c1-15(2,3)9-6-4-8(5-7-9)10-11(23(18)12(16)25)20-14(22-21-10)24(19)13(17)26/h4-7H,18-19H2,1-3H3,(H2,16,25)(H2,17,26). The Morgan fingerprint density at radius 1 is 0.923 bits per heavy atom. The lowest BCUT2D eigenvalue weighted by Crippen LogP contribution is -2.45. The first-order valence-corrected chi connectivity index (χ1v) is 7.56. The van der Waals surface area contributed by atoms with Gasteiger partial charge in [-0.15, -0.1) is 10.2 Å². The molecule has 0 aliphatic heterocycles. The monoisotopic (exact) mass is 359 g/mol. The average molecular weight is 359 g/mol. The molecule has 26 heavy (non-hydrogen) atoms. The van der Waals surface area contributed by atoms with Crippen LogP contribution in [0.1, 0.15) is 26.3 Å². The normalized spacial score (nSPS) is 11.1. The third-order valence-electron chi connectivity index (χ3n) is 3.60. The van der Waals surface area contributed by atoms with Gasteiger partial charge in [-0.2, -0.15) is 9.99 Å². The SMILES string of the molecule is CC(C)(C)c1ccc(-c2nnc(N(N)C(N)=O)nc2N(N)C(N)=O)cc1. The van der Waals surface area contributed by atoms with Crippen LogP contribution in [0.25, 0.3) is 11.3 Å². The molecule has 1 heterocycles. The minimum atomic E-state index is -1.01. The van der Waals surface area contributed by atoms with Gasteiger partial charge in [0, 0.05) is 5.56 Å². The van der Waals surface area contributed by atoms with Crippen LogP contribution in [-0.2, 0) is 5.41 Å². The molecule has 0 bridgehead atoms. The summed E-state index contributed by atoms with van der Waals surface area (Å²) in [4.78, 5) is 26.7. The number of rotatable bonds is 3. The molecule has 0 unspecified atom stereocenters. The van der Waals surface area contributed by atoms with Crippen LogP contribution in [0.15, 0.2) is 24.3 Å². The van der Waals surface area contributed by atoms with Gasteiger partial charge in [0.15, 0.2) is 5.82 Å². The van der Waals surface area contributed by atoms with Gasteiger partial charge in [-0.3, -0.25) is 0 Å². The number of hydrogen-bond donors (Lipinski definition) is 4. The van der Waals surface area contributed by atoms with Crippen LogP contribution in [0.5, 0.6) is 0 Å². The van der Waals surface area contributed by atoms with Crippen molar-refractivity contribution < 1.29 is 9.59 Å². The third kappa shape index (κ3) is 3.84. The van der Waals surface area contributed by atoms with E-state index in [1.165, 1.54) is 0 Å². The largest absolute Gasteiger partial charge is 0.350 e. The minimum absolute atomic E-state index is 0.0379. The molecule has 0 saturated carbocycles. The second-order valence-corrected chi connectivity index (χ2v) is 6.53. The van der Waals surface area contributed by atoms with Crippen LogP contribution in [0.4, 0.5) is 21.4 Å². The molecule has 1 aromatic carbocycles. The Morgan fingerprint density at radius 2 is 1.46 bits per heavy atom. The number of benzene rings is 1. The van der Waals surface area contributed by atoms with E-state index < -0.39 is 12.1 Å². The van der Waals surface area contributed by atoms with E-state index in [0.29, 0.717) is 15.6 Å². The quantitative estimate of drug-likeness (QED) is 0.346. The zero-order chi connectivity index (χ0) is 19.6. The number of carbonyl (C=O) groups excluding carboxylic acids is 2. The summed E-state index contributed by atoms with van der Waals surface area (Å²) in [5, 5.41) is 8.78. The Morgan fingerprint density at radius 3 is 1.92 bits per heavy atom. The Kier molecular flexibility index (Phi) is 5.05. The molecule has 0 saturated heterocycles. The number of hydrazine groups is 2. The molecular formula is C15H21N9O2. The Balaban J connectivity index is 2.57. The zero-order valence-electron chi connectivity index (χ0n) is 14.7. The van der Waals surface area contributed by atoms with E-state index >= 15 is 0 Å². The van der Waals surface area contributed by atoms with Gasteiger partial charge >= 0.3 is 12.1 Å². The topological polar surface area (TPSA) is 183 Å². The highest BCUT2D eigenvalue weighted by Crippen LogP contribution is 2.29. The molecule has 0 atom stereocenters. The predicted molar refractivity (Wildman–Crippen MR) is 96.5 cm³/mol. The van der Waals surface area contributed by atoms with Gasteiger partial charge in [-0.1, -0.05) is 45.0 Å². The first kappa shape index (κ1) is 19.0. The third-order valence-corrected chi connectivity index (χ3v) is 3.60. The van der Waals surface area contributed by atoms with Gasteiger partial charge in [0.25, 0.3) is 5.95 Å². The number of anilines is 2. The maximum atomic E-state index is 11.5. The molecule has 2 rings (SSSR count). The van der Waals surface area contributed by atoms with Crippen molar-refractivity contribution >= 4 is 23.8 Å². The van der Waals surface area contributed by atoms with E-state index in [0.717, 1.165) is 5.56 Å². The summed E-state index contributed by atoms with van der Waals surface area (Å²) >= 11 is 0. The average Bonchev–Trinajstić information content (AvgIpc) is 2.59. The predicted octanol–water partition coefficient (Wildman–Crippen LogP) is 0.354. The Hall–Kier alpha value is -3.31. The fourth-order valence-corrected chi connectivity index (χ4v) is 2.10. The smallest absolute Gasteiger partial charge is 0.336 e. The van der Waals surface area contributed by atoms with Gasteiger partial charge in [-0.05, 0) is 11.0 Å². The van der Waals surface area contributed by atoms with Crippen LogP contribution < -0.4 is 33.2 Å². The summed E-state index contributed by atoms with van der Waals surface area (Å²) in [6.45, 7) is 6.24. The summed E-state index contributed by atoms with van der Waals surface area (Å²) in [7, 11) is 0. The molecule has 138 valence electrons. The molecule has 0 spiro atoms. The fraction of sp³-hybridized carbons (Fsp3) is 0.267. The highest BCUT2D eigenvalue weighted by Gasteiger charge is 2.22. The van der Waals surface area contributed by atoms with Crippen molar-refractivity contribution in [3.63, 3.8) is 0 Å². The van der Waals surface area contributed by atoms with Crippen molar-refractivity contribution in [3.8, 4) is 11.3 Å². The maximum absolute atomic E-state index is 11.5. The molecule has 11 heteroatoms. The van der Waals surface area contributed by atoms with E-state index in [4.69, 9.17) is 23.2 Å². The van der Waals surface area contributed by atoms with Crippen molar-refractivity contribution in [1.29, 1.82) is 0 Å². The Bertz CT molecular complexity index is 830. The summed E-state index contributed by atoms with van der Waals surface area (Å²) in [6, 6.07) is 5.42. The lowest BCUT2D eigenvalue weighted by molar-refractivity contribution is 0.253. The molecule has 4 amide bonds. The van der Waals surface area contributed by atoms with Crippen molar-refractivity contribution in [2.45, 2.75) is 26.2 Å². The number of aromatic nitrogens is 3. The fourth-order valence-electron chi connectivity index (χ4n) is 2.10. The summed E-state index contributed by atoms with van der Waals surface area (Å²) < 4.78 is 0. The molecule has 11 nitrogen and oxygen atoms in total. The van der Waals surface area contributed by atoms with E-state index in [2.05, 4.69) is 36.0 Å². The lowest BCUT2D eigenvalue weighted by atomic mass is 9.86. The number of nitrogens with zero attached hydrogens (tertiary/aromatic N) is 5. The number of hydrogen-bond acceptors (Lipinski definition) is 7. The Labute approximate surface area is 149 Å². The van der Waals surface area contributed by atoms with Gasteiger partial charge in [0.1, 0.15) is 5.69 Å². The van der Waals surface area contributed by atoms with Crippen molar-refractivity contribution in [1.82, 2.24) is 15.2 Å². The van der Waals surface area contributed by atoms with Gasteiger partial charge in [0.05, 0.1) is 0 Å². The van der Waals surface area contributed by atoms with Crippen LogP contribution >= 0.6 is 0 Å². The van der Waals surface area contributed by atoms with E-state index in [-0.39, 0.29) is 22.9 Å². The highest BCUT2D eigenvalue weighted by molar-refractivity contribution is 5.93. The summed E-state index contributed by atoms with van der Waals surface area (Å²) in [5.41, 5.74) is 12.1. The molecule has 2 aromatic rings. The molecule has 0 fully saturated rings. The number of urea groups is 2. The first-order valence-electron chi connectivity index (χ1n) is 7.56. The van der Waals surface area contributed by atoms with Crippen LogP contribution in [-0.4, -0.2) is 27.2 Å². The number of primary amides is 2. The van der Waals surface area contributed by atoms with Crippen LogP contribution in [0, 0.1) is 0 Å². The van der Waals surface area contributed by atoms with E-state index in [9.17, 15) is 9.59 Å². The zero-order valence-corrected chi connectivity index (χ0v) is 14.7. The van der Waals surface area contributed by atoms with E-state index in [1.54, 1.807) is 12.1 Å². The van der Waals surface area contributed by atoms with Crippen LogP contribution in [0.3, 0.4) is 0 Å². The lowest BCUT2D eigenvalue weighted by Gasteiger charge is -2.20. The molecule has 1 aromatic heterocycles. The molecule has 8 N–H and O–H groups in total. The number of nitrogens with two attached hydrogens (primary N) is 4. The second kappa shape index (κ2) is 6.90. The van der Waals surface area contributed by atoms with Crippen molar-refractivity contribution in [3.05, 3.63) is 29.8 Å².